The van der Waals surface area contributed by atoms with Gasteiger partial charge in [0.1, 0.15) is 5.84 Å². The maximum Gasteiger partial charge on any atom is 0.192 e. The molecule has 1 N–H and O–H groups in total. The van der Waals surface area contributed by atoms with Gasteiger partial charge in [-0.05, 0) is 24.3 Å². The van der Waals surface area contributed by atoms with Crippen molar-refractivity contribution in [1.29, 1.82) is 0 Å². The van der Waals surface area contributed by atoms with Crippen LogP contribution in [0.4, 0.5) is 0 Å². The highest BCUT2D eigenvalue weighted by Crippen LogP contribution is 2.15. The van der Waals surface area contributed by atoms with Gasteiger partial charge in [-0.15, -0.1) is 0 Å². The Kier molecular flexibility index (Phi) is 3.84. The standard InChI is InChI=1S/C17H13ClN2O/c18-15-8-6-12(7-9-15)16(21)14-10-19-17(20-11-14)13-4-2-1-3-5-13/h1-10H,11H2,(H,19,20). The fourth-order valence-electron chi connectivity index (χ4n) is 2.11. The Morgan fingerprint density at radius 2 is 1.76 bits per heavy atom. The van der Waals surface area contributed by atoms with E-state index in [0.717, 1.165) is 11.4 Å². The average Bonchev–Trinajstić information content (AvgIpc) is 2.56. The fraction of sp³-hybridized carbons (Fsp3) is 0.0588. The zero-order chi connectivity index (χ0) is 14.7. The first-order valence-electron chi connectivity index (χ1n) is 6.60. The Morgan fingerprint density at radius 3 is 2.38 bits per heavy atom. The first-order chi connectivity index (χ1) is 10.2. The van der Waals surface area contributed by atoms with Crippen molar-refractivity contribution in [3.8, 4) is 0 Å². The lowest BCUT2D eigenvalue weighted by molar-refractivity contribution is 0.103. The van der Waals surface area contributed by atoms with Gasteiger partial charge in [0, 0.05) is 27.9 Å². The van der Waals surface area contributed by atoms with Gasteiger partial charge in [0.2, 0.25) is 0 Å². The first kappa shape index (κ1) is 13.6. The van der Waals surface area contributed by atoms with Crippen LogP contribution in [0.15, 0.2) is 71.4 Å². The second-order valence-corrected chi connectivity index (χ2v) is 5.12. The van der Waals surface area contributed by atoms with Crippen LogP contribution in [0.5, 0.6) is 0 Å². The molecular formula is C17H13ClN2O. The molecule has 0 amide bonds. The van der Waals surface area contributed by atoms with Gasteiger partial charge in [-0.3, -0.25) is 9.79 Å². The average molecular weight is 297 g/mol. The van der Waals surface area contributed by atoms with Gasteiger partial charge in [0.15, 0.2) is 5.78 Å². The van der Waals surface area contributed by atoms with Crippen molar-refractivity contribution in [3.05, 3.63) is 82.5 Å². The number of benzene rings is 2. The van der Waals surface area contributed by atoms with Crippen molar-refractivity contribution < 1.29 is 4.79 Å². The maximum atomic E-state index is 12.3. The number of rotatable bonds is 3. The lowest BCUT2D eigenvalue weighted by atomic mass is 10.0. The van der Waals surface area contributed by atoms with Crippen LogP contribution in [-0.2, 0) is 0 Å². The van der Waals surface area contributed by atoms with Crippen molar-refractivity contribution in [3.63, 3.8) is 0 Å². The number of nitrogens with zero attached hydrogens (tertiary/aromatic N) is 1. The van der Waals surface area contributed by atoms with Crippen molar-refractivity contribution in [1.82, 2.24) is 5.32 Å². The third kappa shape index (κ3) is 3.03. The smallest absolute Gasteiger partial charge is 0.192 e. The van der Waals surface area contributed by atoms with Crippen LogP contribution >= 0.6 is 11.6 Å². The maximum absolute atomic E-state index is 12.3. The fourth-order valence-corrected chi connectivity index (χ4v) is 2.23. The molecule has 0 saturated carbocycles. The molecule has 1 aliphatic rings. The van der Waals surface area contributed by atoms with E-state index in [1.807, 2.05) is 30.3 Å². The Labute approximate surface area is 128 Å². The lowest BCUT2D eigenvalue weighted by Crippen LogP contribution is -2.26. The molecule has 0 aromatic heterocycles. The molecule has 0 spiro atoms. The van der Waals surface area contributed by atoms with E-state index in [2.05, 4.69) is 10.3 Å². The molecule has 0 radical (unpaired) electrons. The topological polar surface area (TPSA) is 41.5 Å². The molecule has 1 aliphatic heterocycles. The van der Waals surface area contributed by atoms with Crippen LogP contribution in [0.2, 0.25) is 5.02 Å². The number of amidine groups is 1. The van der Waals surface area contributed by atoms with E-state index in [9.17, 15) is 4.79 Å². The molecule has 1 heterocycles. The summed E-state index contributed by atoms with van der Waals surface area (Å²) in [6.07, 6.45) is 1.73. The summed E-state index contributed by atoms with van der Waals surface area (Å²) < 4.78 is 0. The van der Waals surface area contributed by atoms with E-state index >= 15 is 0 Å². The van der Waals surface area contributed by atoms with E-state index < -0.39 is 0 Å². The Bertz CT molecular complexity index is 718. The number of ketones is 1. The Balaban J connectivity index is 1.74. The quantitative estimate of drug-likeness (QED) is 0.881. The Morgan fingerprint density at radius 1 is 1.05 bits per heavy atom. The van der Waals surface area contributed by atoms with Crippen LogP contribution < -0.4 is 5.32 Å². The molecule has 0 bridgehead atoms. The predicted molar refractivity (Wildman–Crippen MR) is 84.8 cm³/mol. The predicted octanol–water partition coefficient (Wildman–Crippen LogP) is 3.46. The summed E-state index contributed by atoms with van der Waals surface area (Å²) in [5, 5.41) is 3.71. The minimum absolute atomic E-state index is 0.0324. The van der Waals surface area contributed by atoms with Gasteiger partial charge in [-0.2, -0.15) is 0 Å². The highest BCUT2D eigenvalue weighted by molar-refractivity contribution is 6.30. The van der Waals surface area contributed by atoms with Gasteiger partial charge in [-0.25, -0.2) is 0 Å². The largest absolute Gasteiger partial charge is 0.346 e. The number of carbonyl (C=O) groups excluding carboxylic acids is 1. The van der Waals surface area contributed by atoms with Crippen LogP contribution in [0.3, 0.4) is 0 Å². The summed E-state index contributed by atoms with van der Waals surface area (Å²) in [6, 6.07) is 16.7. The summed E-state index contributed by atoms with van der Waals surface area (Å²) in [4.78, 5) is 16.8. The van der Waals surface area contributed by atoms with E-state index in [1.54, 1.807) is 30.5 Å². The highest BCUT2D eigenvalue weighted by Gasteiger charge is 2.16. The van der Waals surface area contributed by atoms with Crippen LogP contribution in [0.25, 0.3) is 0 Å². The minimum atomic E-state index is -0.0324. The number of hydrogen-bond acceptors (Lipinski definition) is 3. The van der Waals surface area contributed by atoms with E-state index in [1.165, 1.54) is 0 Å². The third-order valence-electron chi connectivity index (χ3n) is 3.24. The molecule has 0 atom stereocenters. The summed E-state index contributed by atoms with van der Waals surface area (Å²) in [5.74, 6) is 0.748. The van der Waals surface area contributed by atoms with Crippen LogP contribution in [0, 0.1) is 0 Å². The van der Waals surface area contributed by atoms with Gasteiger partial charge in [-0.1, -0.05) is 41.9 Å². The van der Waals surface area contributed by atoms with Crippen molar-refractivity contribution >= 4 is 23.2 Å². The summed E-state index contributed by atoms with van der Waals surface area (Å²) >= 11 is 5.83. The number of aliphatic imine (C=N–C) groups is 1. The monoisotopic (exact) mass is 296 g/mol. The molecule has 21 heavy (non-hydrogen) atoms. The van der Waals surface area contributed by atoms with Crippen molar-refractivity contribution in [2.24, 2.45) is 4.99 Å². The number of halogens is 1. The molecule has 104 valence electrons. The molecule has 4 heteroatoms. The van der Waals surface area contributed by atoms with Crippen molar-refractivity contribution in [2.45, 2.75) is 0 Å². The van der Waals surface area contributed by atoms with Crippen LogP contribution in [0.1, 0.15) is 15.9 Å². The van der Waals surface area contributed by atoms with Gasteiger partial charge in [0.05, 0.1) is 6.54 Å². The lowest BCUT2D eigenvalue weighted by Gasteiger charge is -2.14. The molecule has 3 rings (SSSR count). The first-order valence-corrected chi connectivity index (χ1v) is 6.97. The molecule has 0 fully saturated rings. The van der Waals surface area contributed by atoms with Crippen molar-refractivity contribution in [2.75, 3.05) is 6.54 Å². The summed E-state index contributed by atoms with van der Waals surface area (Å²) in [7, 11) is 0. The number of nitrogens with one attached hydrogen (secondary N) is 1. The molecule has 2 aromatic carbocycles. The number of Topliss-reactive ketones (excluding diaryl/α,β-unsaturated/α-hetero) is 1. The second-order valence-electron chi connectivity index (χ2n) is 4.68. The van der Waals surface area contributed by atoms with Gasteiger partial charge < -0.3 is 5.32 Å². The summed E-state index contributed by atoms with van der Waals surface area (Å²) in [6.45, 7) is 0.374. The van der Waals surface area contributed by atoms with Gasteiger partial charge in [0.25, 0.3) is 0 Å². The second kappa shape index (κ2) is 5.94. The van der Waals surface area contributed by atoms with E-state index in [0.29, 0.717) is 22.7 Å². The van der Waals surface area contributed by atoms with E-state index in [4.69, 9.17) is 11.6 Å². The number of hydrogen-bond donors (Lipinski definition) is 1. The molecule has 0 aliphatic carbocycles. The molecule has 0 unspecified atom stereocenters. The normalized spacial score (nSPS) is 14.0. The summed E-state index contributed by atoms with van der Waals surface area (Å²) in [5.41, 5.74) is 2.26. The molecule has 2 aromatic rings. The zero-order valence-electron chi connectivity index (χ0n) is 11.2. The molecular weight excluding hydrogens is 284 g/mol. The minimum Gasteiger partial charge on any atom is -0.346 e. The van der Waals surface area contributed by atoms with E-state index in [-0.39, 0.29) is 5.78 Å². The zero-order valence-corrected chi connectivity index (χ0v) is 12.0. The Hall–Kier alpha value is -2.39. The molecule has 0 saturated heterocycles. The van der Waals surface area contributed by atoms with Gasteiger partial charge >= 0.3 is 0 Å². The third-order valence-corrected chi connectivity index (χ3v) is 3.49. The highest BCUT2D eigenvalue weighted by atomic mass is 35.5. The molecule has 3 nitrogen and oxygen atoms in total. The SMILES string of the molecule is O=C(C1=CNC(c2ccccc2)=NC1)c1ccc(Cl)cc1. The van der Waals surface area contributed by atoms with Crippen LogP contribution in [-0.4, -0.2) is 18.2 Å². The number of carbonyl (C=O) groups is 1.